The van der Waals surface area contributed by atoms with Gasteiger partial charge in [0.15, 0.2) is 66.2 Å². The van der Waals surface area contributed by atoms with Gasteiger partial charge in [-0.1, -0.05) is 85.8 Å². The fourth-order valence-corrected chi connectivity index (χ4v) is 20.2. The van der Waals surface area contributed by atoms with Crippen molar-refractivity contribution in [3.05, 3.63) is 372 Å². The zero-order valence-corrected chi connectivity index (χ0v) is 83.7. The molecule has 1 saturated heterocycles. The fraction of sp³-hybridized carbons (Fsp3) is 0.252. The summed E-state index contributed by atoms with van der Waals surface area (Å²) in [6.45, 7) is 7.95. The van der Waals surface area contributed by atoms with E-state index in [1.165, 1.54) is 50.4 Å². The number of hydrogen-bond acceptors (Lipinski definition) is 25. The van der Waals surface area contributed by atoms with Crippen LogP contribution in [0.1, 0.15) is 87.2 Å². The Morgan fingerprint density at radius 1 is 0.408 bits per heavy atom. The predicted octanol–water partition coefficient (Wildman–Crippen LogP) is 17.9. The van der Waals surface area contributed by atoms with Crippen molar-refractivity contribution in [3.8, 4) is 84.4 Å². The molecule has 752 valence electrons. The van der Waals surface area contributed by atoms with E-state index in [2.05, 4.69) is 155 Å². The summed E-state index contributed by atoms with van der Waals surface area (Å²) in [5, 5.41) is 54.9. The Morgan fingerprint density at radius 2 is 0.844 bits per heavy atom. The number of likely N-dealkylation sites (tertiary alicyclic amines) is 1. The maximum Gasteiger partial charge on any atom is 0.198 e. The Morgan fingerprint density at radius 3 is 1.32 bits per heavy atom. The normalized spacial score (nSPS) is 12.2. The monoisotopic (exact) mass is 2000 g/mol. The number of aliphatic hydroxyl groups is 1. The van der Waals surface area contributed by atoms with Crippen molar-refractivity contribution in [2.24, 2.45) is 0 Å². The minimum Gasteiger partial charge on any atom is -0.496 e. The van der Waals surface area contributed by atoms with E-state index in [4.69, 9.17) is 28.8 Å². The lowest BCUT2D eigenvalue weighted by atomic mass is 10.0. The Hall–Kier alpha value is -16.4. The third kappa shape index (κ3) is 23.7. The van der Waals surface area contributed by atoms with Crippen LogP contribution in [0.5, 0.6) is 28.7 Å². The third-order valence-electron chi connectivity index (χ3n) is 26.1. The molecule has 1 aliphatic rings. The summed E-state index contributed by atoms with van der Waals surface area (Å²) in [5.41, 5.74) is 24.4. The molecule has 31 nitrogen and oxygen atoms in total. The average Bonchev–Trinajstić information content (AvgIpc) is 1.29. The lowest BCUT2D eigenvalue weighted by Gasteiger charge is -2.30. The zero-order valence-electron chi connectivity index (χ0n) is 82.9. The second kappa shape index (κ2) is 47.8. The first-order valence-electron chi connectivity index (χ1n) is 48.2. The number of methoxy groups -OCH3 is 5. The minimum absolute atomic E-state index is 0.0277. The maximum atomic E-state index is 14.2. The van der Waals surface area contributed by atoms with Crippen LogP contribution in [0.2, 0.25) is 0 Å². The van der Waals surface area contributed by atoms with Gasteiger partial charge in [0.25, 0.3) is 0 Å². The first-order chi connectivity index (χ1) is 71.7. The van der Waals surface area contributed by atoms with Crippen molar-refractivity contribution in [2.75, 3.05) is 75.9 Å². The lowest BCUT2D eigenvalue weighted by molar-refractivity contribution is 0.241. The van der Waals surface area contributed by atoms with Gasteiger partial charge in [0.2, 0.25) is 0 Å². The van der Waals surface area contributed by atoms with E-state index in [0.717, 1.165) is 180 Å². The number of pyridine rings is 7. The number of halogens is 4. The van der Waals surface area contributed by atoms with Crippen molar-refractivity contribution in [1.82, 2.24) is 113 Å². The number of fused-ring (bicyclic) bond motifs is 5. The summed E-state index contributed by atoms with van der Waals surface area (Å²) in [5.74, 6) is 1.42. The Balaban J connectivity index is 0.000000126. The van der Waals surface area contributed by atoms with Gasteiger partial charge >= 0.3 is 0 Å². The van der Waals surface area contributed by atoms with Crippen LogP contribution in [0.15, 0.2) is 287 Å². The fourth-order valence-electron chi connectivity index (χ4n) is 18.6. The summed E-state index contributed by atoms with van der Waals surface area (Å²) < 4.78 is 121. The molecule has 147 heavy (non-hydrogen) atoms. The summed E-state index contributed by atoms with van der Waals surface area (Å²) >= 11 is 0. The molecule has 1 N–H and O–H groups in total. The molecular formula is C111H111F4N23O8S. The van der Waals surface area contributed by atoms with Crippen LogP contribution in [0.25, 0.3) is 83.9 Å². The molecule has 6 aromatic carbocycles. The van der Waals surface area contributed by atoms with Gasteiger partial charge in [-0.2, -0.15) is 5.10 Å². The second-order valence-corrected chi connectivity index (χ2v) is 37.6. The summed E-state index contributed by atoms with van der Waals surface area (Å²) in [6, 6.07) is 62.3. The number of ether oxygens (including phenoxy) is 5. The van der Waals surface area contributed by atoms with E-state index in [1.54, 1.807) is 131 Å². The number of nitrogens with zero attached hydrogens (tertiary/aromatic N) is 23. The largest absolute Gasteiger partial charge is 0.496 e. The van der Waals surface area contributed by atoms with Gasteiger partial charge in [0.05, 0.1) is 60.1 Å². The highest BCUT2D eigenvalue weighted by molar-refractivity contribution is 7.92. The Labute approximate surface area is 847 Å². The number of aryl methyl sites for hydroxylation is 9. The van der Waals surface area contributed by atoms with Gasteiger partial charge in [-0.15, -0.1) is 51.0 Å². The van der Waals surface area contributed by atoms with Crippen molar-refractivity contribution in [3.63, 3.8) is 0 Å². The first kappa shape index (κ1) is 102. The van der Waals surface area contributed by atoms with E-state index < -0.39 is 9.84 Å². The van der Waals surface area contributed by atoms with Crippen molar-refractivity contribution >= 4 is 38.1 Å². The molecule has 36 heteroatoms. The van der Waals surface area contributed by atoms with Gasteiger partial charge in [-0.3, -0.25) is 31.7 Å². The highest BCUT2D eigenvalue weighted by Crippen LogP contribution is 2.36. The molecule has 15 heterocycles. The van der Waals surface area contributed by atoms with Crippen LogP contribution in [-0.2, 0) is 87.1 Å². The van der Waals surface area contributed by atoms with E-state index >= 15 is 0 Å². The molecule has 0 saturated carbocycles. The van der Waals surface area contributed by atoms with Gasteiger partial charge in [-0.25, -0.2) is 40.9 Å². The second-order valence-electron chi connectivity index (χ2n) is 35.4. The van der Waals surface area contributed by atoms with Crippen molar-refractivity contribution in [2.45, 2.75) is 114 Å². The molecule has 0 unspecified atom stereocenters. The van der Waals surface area contributed by atoms with Crippen molar-refractivity contribution < 1.29 is 54.8 Å². The molecule has 0 radical (unpaired) electrons. The smallest absolute Gasteiger partial charge is 0.198 e. The van der Waals surface area contributed by atoms with Crippen molar-refractivity contribution in [1.29, 1.82) is 0 Å². The van der Waals surface area contributed by atoms with Crippen LogP contribution in [0.4, 0.5) is 17.6 Å². The van der Waals surface area contributed by atoms with E-state index in [0.29, 0.717) is 104 Å². The molecule has 20 aromatic rings. The molecule has 21 rings (SSSR count). The number of rotatable bonds is 32. The maximum absolute atomic E-state index is 14.2. The lowest BCUT2D eigenvalue weighted by Crippen LogP contribution is -2.39. The van der Waals surface area contributed by atoms with Crippen LogP contribution in [0.3, 0.4) is 0 Å². The van der Waals surface area contributed by atoms with Gasteiger partial charge in [0, 0.05) is 133 Å². The number of piperidine rings is 1. The van der Waals surface area contributed by atoms with Gasteiger partial charge in [-0.05, 0) is 272 Å². The molecule has 0 bridgehead atoms. The standard InChI is InChI=1S/C27H31N5O3S.C25H27FN4O.C20H20FN5O2.C20H17FN4O.C19H16FN5O/c1-3-31-16-14-23(15-17-31)36(33,34)26-13-9-21(18-28-26)24-12-11-22(32-19-29-30-27(24)32)10-8-20-6-4-5-7-25(20)35-2;1-17-13-20(24(31-4)23(26)14-17)9-10-21-11-12-22(25-28-27-16-30(21)25)19-7-5-18(6-8-19)15-29(2)3;1-28-19-4-2-3-18(21)17(19)8-6-15-5-7-16(20-24-22-13-26(15)20)14-11-23-25(12-14)9-10-27;1-26-19-14(4-2-6-18(19)21)7-8-16-9-10-17(15-5-3-11-22-12-15)20-24-23-13-25(16)20;1-26-18-4-2-3-17(20)16(18)8-6-14-5-7-15(13-9-21-11-22-10-13)19-24-23-12-25(14)19/h4-7,9,11-13,18-19,23H,3,8,10,14-17H2,1-2H3;5-8,11-14,16H,9-10,15H2,1-4H3;2-5,7,11-13,27H,6,8-10H2,1H3;2-6,9-13H,7-8H2,1H3;2-5,7,9-12H,6,8H2,1H3. The average molecular weight is 2000 g/mol. The number of aliphatic hydroxyl groups excluding tert-OH is 1. The molecule has 0 spiro atoms. The van der Waals surface area contributed by atoms with Crippen LogP contribution < -0.4 is 23.7 Å². The quantitative estimate of drug-likeness (QED) is 0.0383. The van der Waals surface area contributed by atoms with Gasteiger partial charge in [0.1, 0.15) is 66.8 Å². The predicted molar refractivity (Wildman–Crippen MR) is 552 cm³/mol. The third-order valence-corrected chi connectivity index (χ3v) is 28.2. The molecule has 0 atom stereocenters. The molecule has 0 amide bonds. The molecule has 1 aliphatic heterocycles. The summed E-state index contributed by atoms with van der Waals surface area (Å²) in [6.07, 6.45) is 30.1. The van der Waals surface area contributed by atoms with E-state index in [-0.39, 0.29) is 40.2 Å². The number of hydrogen-bond donors (Lipinski definition) is 1. The topological polar surface area (TPSA) is 327 Å². The van der Waals surface area contributed by atoms with Crippen LogP contribution in [0, 0.1) is 30.2 Å². The van der Waals surface area contributed by atoms with E-state index in [9.17, 15) is 26.0 Å². The highest BCUT2D eigenvalue weighted by atomic mass is 32.2. The number of aromatic nitrogens is 21. The summed E-state index contributed by atoms with van der Waals surface area (Å²) in [4.78, 5) is 21.1. The molecular weight excluding hydrogens is 1890 g/mol. The first-order valence-corrected chi connectivity index (χ1v) is 49.7. The number of benzene rings is 6. The zero-order chi connectivity index (χ0) is 102. The molecule has 1 fully saturated rings. The Bertz CT molecular complexity index is 8000. The molecule has 0 aliphatic carbocycles. The van der Waals surface area contributed by atoms with Crippen LogP contribution in [-0.4, -0.2) is 207 Å². The number of sulfone groups is 1. The van der Waals surface area contributed by atoms with E-state index in [1.807, 2.05) is 126 Å². The number of para-hydroxylation sites is 2. The molecule has 14 aromatic heterocycles. The Kier molecular flexibility index (Phi) is 33.2. The summed E-state index contributed by atoms with van der Waals surface area (Å²) in [7, 11) is 8.45. The highest BCUT2D eigenvalue weighted by Gasteiger charge is 2.33. The SMILES string of the molecule is CCN1CCC(S(=O)(=O)c2ccc(-c3ccc(CCc4ccccc4OC)n4cnnc34)cn2)CC1.COc1c(F)cc(C)cc1CCc1ccc(-c2ccc(CN(C)C)cc2)c2nncn12.COc1c(F)cccc1CCc1ccc(-c2cccnc2)c2nncn12.COc1cccc(F)c1CCc1ccc(-c2cncnc2)c2nncn12.COc1cccc(F)c1CCc1ccc(-c2cnn(CCO)c2)c2nncn12. The van der Waals surface area contributed by atoms with Crippen LogP contribution >= 0.6 is 0 Å². The minimum atomic E-state index is -3.45. The van der Waals surface area contributed by atoms with Gasteiger partial charge < -0.3 is 38.6 Å².